The second kappa shape index (κ2) is 9.15. The van der Waals surface area contributed by atoms with Gasteiger partial charge in [-0.15, -0.1) is 0 Å². The molecule has 0 radical (unpaired) electrons. The summed E-state index contributed by atoms with van der Waals surface area (Å²) >= 11 is 3.27. The van der Waals surface area contributed by atoms with Crippen LogP contribution >= 0.6 is 15.9 Å². The first-order valence-corrected chi connectivity index (χ1v) is 12.2. The molecule has 0 unspecified atom stereocenters. The van der Waals surface area contributed by atoms with E-state index in [0.717, 1.165) is 24.0 Å². The fraction of sp³-hybridized carbons (Fsp3) is 0.423. The zero-order chi connectivity index (χ0) is 22.9. The van der Waals surface area contributed by atoms with Crippen LogP contribution in [0.15, 0.2) is 36.4 Å². The molecular formula is C26H26BrFN2O2. The molecule has 2 aromatic carbocycles. The monoisotopic (exact) mass is 496 g/mol. The zero-order valence-electron chi connectivity index (χ0n) is 18.2. The van der Waals surface area contributed by atoms with Gasteiger partial charge in [-0.2, -0.15) is 5.26 Å². The lowest BCUT2D eigenvalue weighted by molar-refractivity contribution is 0.0420. The third-order valence-electron chi connectivity index (χ3n) is 6.97. The highest BCUT2D eigenvalue weighted by Gasteiger charge is 2.39. The minimum Gasteiger partial charge on any atom is -0.338 e. The van der Waals surface area contributed by atoms with E-state index in [0.29, 0.717) is 28.2 Å². The van der Waals surface area contributed by atoms with Crippen molar-refractivity contribution in [2.24, 2.45) is 0 Å². The highest BCUT2D eigenvalue weighted by atomic mass is 79.9. The van der Waals surface area contributed by atoms with Crippen molar-refractivity contribution in [1.29, 1.82) is 5.26 Å². The summed E-state index contributed by atoms with van der Waals surface area (Å²) in [7, 11) is 0. The van der Waals surface area contributed by atoms with Crippen LogP contribution < -0.4 is 0 Å². The first kappa shape index (κ1) is 22.7. The Morgan fingerprint density at radius 2 is 1.88 bits per heavy atom. The number of hydrogen-bond acceptors (Lipinski definition) is 3. The van der Waals surface area contributed by atoms with Gasteiger partial charge in [-0.25, -0.2) is 4.39 Å². The Morgan fingerprint density at radius 1 is 1.19 bits per heavy atom. The lowest BCUT2D eigenvalue weighted by atomic mass is 9.76. The maximum Gasteiger partial charge on any atom is 0.254 e. The van der Waals surface area contributed by atoms with Crippen LogP contribution in [0.3, 0.4) is 0 Å². The Bertz CT molecular complexity index is 1100. The first-order valence-electron chi connectivity index (χ1n) is 11.1. The fourth-order valence-electron chi connectivity index (χ4n) is 4.81. The first-order chi connectivity index (χ1) is 15.4. The maximum atomic E-state index is 15.7. The van der Waals surface area contributed by atoms with E-state index in [1.807, 2.05) is 13.0 Å². The average Bonchev–Trinajstić information content (AvgIpc) is 2.77. The molecule has 2 aliphatic rings. The molecule has 0 N–H and O–H groups in total. The third kappa shape index (κ3) is 4.11. The van der Waals surface area contributed by atoms with Crippen LogP contribution in [0.2, 0.25) is 0 Å². The number of benzene rings is 2. The molecule has 1 amide bonds. The Hall–Kier alpha value is -2.52. The molecule has 166 valence electrons. The van der Waals surface area contributed by atoms with Crippen LogP contribution in [0.5, 0.6) is 0 Å². The van der Waals surface area contributed by atoms with Gasteiger partial charge in [0.15, 0.2) is 5.78 Å². The predicted octanol–water partition coefficient (Wildman–Crippen LogP) is 5.81. The smallest absolute Gasteiger partial charge is 0.254 e. The molecule has 1 heterocycles. The lowest BCUT2D eigenvalue weighted by Crippen LogP contribution is -2.43. The highest BCUT2D eigenvalue weighted by molar-refractivity contribution is 9.09. The number of alkyl halides is 2. The number of aryl methyl sites for hydroxylation is 1. The van der Waals surface area contributed by atoms with Crippen molar-refractivity contribution >= 4 is 27.6 Å². The number of hydrogen-bond donors (Lipinski definition) is 0. The minimum absolute atomic E-state index is 0.0181. The molecule has 1 saturated carbocycles. The zero-order valence-corrected chi connectivity index (χ0v) is 19.8. The fourth-order valence-corrected chi connectivity index (χ4v) is 5.11. The number of amides is 1. The van der Waals surface area contributed by atoms with Gasteiger partial charge in [0.25, 0.3) is 5.91 Å². The van der Waals surface area contributed by atoms with Crippen molar-refractivity contribution in [3.8, 4) is 6.07 Å². The topological polar surface area (TPSA) is 61.2 Å². The van der Waals surface area contributed by atoms with Crippen molar-refractivity contribution in [3.63, 3.8) is 0 Å². The van der Waals surface area contributed by atoms with Gasteiger partial charge < -0.3 is 4.90 Å². The van der Waals surface area contributed by atoms with Gasteiger partial charge in [-0.05, 0) is 48.9 Å². The summed E-state index contributed by atoms with van der Waals surface area (Å²) in [6.45, 7) is 2.44. The summed E-state index contributed by atoms with van der Waals surface area (Å²) in [5, 5.41) is 9.56. The van der Waals surface area contributed by atoms with E-state index in [-0.39, 0.29) is 43.0 Å². The van der Waals surface area contributed by atoms with Crippen LogP contribution in [0.25, 0.3) is 0 Å². The molecule has 1 aliphatic heterocycles. The normalized spacial score (nSPS) is 18.0. The number of carbonyl (C=O) groups is 2. The molecule has 6 heteroatoms. The number of nitrogens with zero attached hydrogens (tertiary/aromatic N) is 2. The molecule has 2 fully saturated rings. The lowest BCUT2D eigenvalue weighted by Gasteiger charge is -2.37. The number of rotatable bonds is 5. The van der Waals surface area contributed by atoms with Gasteiger partial charge in [-0.1, -0.05) is 46.6 Å². The number of likely N-dealkylation sites (tertiary alicyclic amines) is 1. The summed E-state index contributed by atoms with van der Waals surface area (Å²) in [5.74, 6) is 0.204. The van der Waals surface area contributed by atoms with E-state index in [4.69, 9.17) is 0 Å². The van der Waals surface area contributed by atoms with Crippen molar-refractivity contribution < 1.29 is 14.0 Å². The summed E-state index contributed by atoms with van der Waals surface area (Å²) in [6.07, 6.45) is 3.60. The molecule has 0 bridgehead atoms. The standard InChI is InChI=1S/C26H26BrFN2O2/c1-17-13-21(18-6-4-7-18)22(24(31)15-27)14-20(17)25(32)30-11-9-26(28,10-12-30)23-8-3-2-5-19(23)16-29/h2-3,5,8,13-14,18H,4,6-7,9-12,15H2,1H3. The quantitative estimate of drug-likeness (QED) is 0.387. The maximum absolute atomic E-state index is 15.7. The van der Waals surface area contributed by atoms with Crippen LogP contribution in [-0.4, -0.2) is 35.0 Å². The molecule has 1 aliphatic carbocycles. The molecule has 0 spiro atoms. The van der Waals surface area contributed by atoms with E-state index in [1.54, 1.807) is 35.2 Å². The van der Waals surface area contributed by atoms with Gasteiger partial charge in [0.2, 0.25) is 0 Å². The van der Waals surface area contributed by atoms with Gasteiger partial charge in [0.05, 0.1) is 17.0 Å². The molecular weight excluding hydrogens is 471 g/mol. The number of piperidine rings is 1. The Labute approximate surface area is 196 Å². The molecule has 0 aromatic heterocycles. The van der Waals surface area contributed by atoms with Crippen molar-refractivity contribution in [3.05, 3.63) is 69.8 Å². The van der Waals surface area contributed by atoms with Crippen LogP contribution in [0.4, 0.5) is 4.39 Å². The molecule has 4 nitrogen and oxygen atoms in total. The number of carbonyl (C=O) groups excluding carboxylic acids is 2. The van der Waals surface area contributed by atoms with Crippen LogP contribution in [0.1, 0.15) is 81.0 Å². The van der Waals surface area contributed by atoms with Crippen LogP contribution in [-0.2, 0) is 5.67 Å². The van der Waals surface area contributed by atoms with E-state index < -0.39 is 5.67 Å². The van der Waals surface area contributed by atoms with Gasteiger partial charge in [-0.3, -0.25) is 9.59 Å². The van der Waals surface area contributed by atoms with Crippen molar-refractivity contribution in [2.75, 3.05) is 18.4 Å². The van der Waals surface area contributed by atoms with Gasteiger partial charge in [0, 0.05) is 42.6 Å². The second-order valence-electron chi connectivity index (χ2n) is 8.85. The molecule has 2 aromatic rings. The van der Waals surface area contributed by atoms with E-state index in [1.165, 1.54) is 6.42 Å². The number of halogens is 2. The molecule has 1 saturated heterocycles. The minimum atomic E-state index is -1.62. The largest absolute Gasteiger partial charge is 0.338 e. The highest BCUT2D eigenvalue weighted by Crippen LogP contribution is 2.41. The Balaban J connectivity index is 1.57. The number of Topliss-reactive ketones (excluding diaryl/α,β-unsaturated/α-hetero) is 1. The molecule has 4 rings (SSSR count). The Kier molecular flexibility index (Phi) is 6.48. The number of ketones is 1. The van der Waals surface area contributed by atoms with Crippen molar-refractivity contribution in [1.82, 2.24) is 4.90 Å². The predicted molar refractivity (Wildman–Crippen MR) is 125 cm³/mol. The number of nitriles is 1. The van der Waals surface area contributed by atoms with Gasteiger partial charge in [0.1, 0.15) is 5.67 Å². The van der Waals surface area contributed by atoms with Gasteiger partial charge >= 0.3 is 0 Å². The summed E-state index contributed by atoms with van der Waals surface area (Å²) in [4.78, 5) is 27.6. The van der Waals surface area contributed by atoms with Crippen molar-refractivity contribution in [2.45, 2.75) is 50.6 Å². The average molecular weight is 497 g/mol. The van der Waals surface area contributed by atoms with E-state index in [2.05, 4.69) is 22.0 Å². The molecule has 32 heavy (non-hydrogen) atoms. The molecule has 0 atom stereocenters. The summed E-state index contributed by atoms with van der Waals surface area (Å²) < 4.78 is 15.7. The van der Waals surface area contributed by atoms with E-state index in [9.17, 15) is 14.9 Å². The summed E-state index contributed by atoms with van der Waals surface area (Å²) in [6, 6.07) is 12.6. The van der Waals surface area contributed by atoms with E-state index >= 15 is 4.39 Å². The van der Waals surface area contributed by atoms with Crippen LogP contribution in [0, 0.1) is 18.3 Å². The summed E-state index contributed by atoms with van der Waals surface area (Å²) in [5.41, 5.74) is 2.17. The Morgan fingerprint density at radius 3 is 2.47 bits per heavy atom. The SMILES string of the molecule is Cc1cc(C2CCC2)c(C(=O)CBr)cc1C(=O)N1CCC(F)(c2ccccc2C#N)CC1. The third-order valence-corrected chi connectivity index (χ3v) is 7.48. The second-order valence-corrected chi connectivity index (χ2v) is 9.41.